The average Bonchev–Trinajstić information content (AvgIpc) is 1.99. The molecule has 2 N–H and O–H groups in total. The Balaban J connectivity index is 2.80. The molecule has 1 atom stereocenters. The third kappa shape index (κ3) is 4.02. The third-order valence-electron chi connectivity index (χ3n) is 2.42. The van der Waals surface area contributed by atoms with E-state index in [2.05, 4.69) is 37.4 Å². The summed E-state index contributed by atoms with van der Waals surface area (Å²) in [6.07, 6.45) is 0.691. The highest BCUT2D eigenvalue weighted by Gasteiger charge is 2.19. The van der Waals surface area contributed by atoms with Crippen LogP contribution in [0.5, 0.6) is 0 Å². The summed E-state index contributed by atoms with van der Waals surface area (Å²) in [5, 5.41) is 13.1. The number of nitrogens with one attached hydrogen (secondary N) is 1. The number of aliphatic hydroxyl groups is 1. The minimum absolute atomic E-state index is 0.611. The van der Waals surface area contributed by atoms with Crippen molar-refractivity contribution in [3.05, 3.63) is 34.9 Å². The molecule has 0 aromatic heterocycles. The van der Waals surface area contributed by atoms with Crippen molar-refractivity contribution in [2.45, 2.75) is 32.8 Å². The van der Waals surface area contributed by atoms with Crippen LogP contribution >= 0.6 is 0 Å². The Hall–Kier alpha value is -0.860. The quantitative estimate of drug-likeness (QED) is 0.789. The SMILES string of the molecule is CNCC(C)(O)Cc1cc(C)cc(C)c1. The summed E-state index contributed by atoms with van der Waals surface area (Å²) in [6, 6.07) is 6.42. The zero-order valence-electron chi connectivity index (χ0n) is 10.1. The molecule has 1 rings (SSSR count). The van der Waals surface area contributed by atoms with Crippen molar-refractivity contribution in [2.75, 3.05) is 13.6 Å². The van der Waals surface area contributed by atoms with Gasteiger partial charge in [-0.25, -0.2) is 0 Å². The predicted octanol–water partition coefficient (Wildman–Crippen LogP) is 1.82. The monoisotopic (exact) mass is 207 g/mol. The second-order valence-electron chi connectivity index (χ2n) is 4.70. The smallest absolute Gasteiger partial charge is 0.0783 e. The number of hydrogen-bond donors (Lipinski definition) is 2. The lowest BCUT2D eigenvalue weighted by molar-refractivity contribution is 0.0622. The molecule has 0 saturated heterocycles. The Labute approximate surface area is 92.3 Å². The van der Waals surface area contributed by atoms with Crippen LogP contribution in [0.4, 0.5) is 0 Å². The van der Waals surface area contributed by atoms with Crippen molar-refractivity contribution in [1.82, 2.24) is 5.32 Å². The van der Waals surface area contributed by atoms with Crippen LogP contribution in [0.25, 0.3) is 0 Å². The summed E-state index contributed by atoms with van der Waals surface area (Å²) in [7, 11) is 1.86. The van der Waals surface area contributed by atoms with E-state index in [1.54, 1.807) is 0 Å². The molecule has 0 aliphatic carbocycles. The first-order valence-corrected chi connectivity index (χ1v) is 5.37. The minimum atomic E-state index is -0.672. The van der Waals surface area contributed by atoms with Gasteiger partial charge in [0.05, 0.1) is 5.60 Å². The minimum Gasteiger partial charge on any atom is -0.389 e. The molecule has 0 fully saturated rings. The molecule has 1 unspecified atom stereocenters. The van der Waals surface area contributed by atoms with Gasteiger partial charge in [-0.1, -0.05) is 29.3 Å². The van der Waals surface area contributed by atoms with Crippen LogP contribution in [0.3, 0.4) is 0 Å². The van der Waals surface area contributed by atoms with E-state index in [0.29, 0.717) is 13.0 Å². The first-order chi connectivity index (χ1) is 6.93. The van der Waals surface area contributed by atoms with Crippen LogP contribution in [-0.4, -0.2) is 24.3 Å². The van der Waals surface area contributed by atoms with Gasteiger partial charge in [-0.3, -0.25) is 0 Å². The highest BCUT2D eigenvalue weighted by Crippen LogP contribution is 2.15. The molecule has 0 radical (unpaired) electrons. The second-order valence-corrected chi connectivity index (χ2v) is 4.70. The van der Waals surface area contributed by atoms with Gasteiger partial charge in [0.1, 0.15) is 0 Å². The molecular weight excluding hydrogens is 186 g/mol. The summed E-state index contributed by atoms with van der Waals surface area (Å²) < 4.78 is 0. The van der Waals surface area contributed by atoms with Crippen molar-refractivity contribution < 1.29 is 5.11 Å². The fraction of sp³-hybridized carbons (Fsp3) is 0.538. The number of benzene rings is 1. The van der Waals surface area contributed by atoms with E-state index in [1.807, 2.05) is 14.0 Å². The van der Waals surface area contributed by atoms with Gasteiger partial charge in [0.15, 0.2) is 0 Å². The topological polar surface area (TPSA) is 32.3 Å². The molecule has 1 aromatic rings. The van der Waals surface area contributed by atoms with Gasteiger partial charge in [-0.05, 0) is 33.4 Å². The van der Waals surface area contributed by atoms with E-state index in [1.165, 1.54) is 16.7 Å². The summed E-state index contributed by atoms with van der Waals surface area (Å²) in [5.41, 5.74) is 3.04. The zero-order chi connectivity index (χ0) is 11.5. The Morgan fingerprint density at radius 2 is 1.73 bits per heavy atom. The molecule has 15 heavy (non-hydrogen) atoms. The van der Waals surface area contributed by atoms with Crippen molar-refractivity contribution in [2.24, 2.45) is 0 Å². The molecule has 0 aliphatic heterocycles. The Morgan fingerprint density at radius 3 is 2.20 bits per heavy atom. The van der Waals surface area contributed by atoms with Crippen LogP contribution in [0, 0.1) is 13.8 Å². The molecule has 2 heteroatoms. The standard InChI is InChI=1S/C13H21NO/c1-10-5-11(2)7-12(6-10)8-13(3,15)9-14-4/h5-7,14-15H,8-9H2,1-4H3. The van der Waals surface area contributed by atoms with E-state index in [9.17, 15) is 5.11 Å². The van der Waals surface area contributed by atoms with Gasteiger partial charge in [0, 0.05) is 13.0 Å². The zero-order valence-corrected chi connectivity index (χ0v) is 10.1. The van der Waals surface area contributed by atoms with Gasteiger partial charge < -0.3 is 10.4 Å². The maximum absolute atomic E-state index is 10.1. The maximum Gasteiger partial charge on any atom is 0.0783 e. The molecule has 84 valence electrons. The molecular formula is C13H21NO. The molecule has 0 heterocycles. The Kier molecular flexibility index (Phi) is 3.89. The van der Waals surface area contributed by atoms with Crippen molar-refractivity contribution in [3.63, 3.8) is 0 Å². The summed E-state index contributed by atoms with van der Waals surface area (Å²) >= 11 is 0. The van der Waals surface area contributed by atoms with Gasteiger partial charge >= 0.3 is 0 Å². The van der Waals surface area contributed by atoms with E-state index in [-0.39, 0.29) is 0 Å². The fourth-order valence-electron chi connectivity index (χ4n) is 2.05. The third-order valence-corrected chi connectivity index (χ3v) is 2.42. The Bertz CT molecular complexity index is 311. The van der Waals surface area contributed by atoms with Gasteiger partial charge in [-0.15, -0.1) is 0 Å². The molecule has 2 nitrogen and oxygen atoms in total. The van der Waals surface area contributed by atoms with Crippen molar-refractivity contribution in [1.29, 1.82) is 0 Å². The average molecular weight is 207 g/mol. The van der Waals surface area contributed by atoms with Gasteiger partial charge in [-0.2, -0.15) is 0 Å². The van der Waals surface area contributed by atoms with Crippen molar-refractivity contribution >= 4 is 0 Å². The summed E-state index contributed by atoms with van der Waals surface area (Å²) in [5.74, 6) is 0. The first kappa shape index (κ1) is 12.2. The van der Waals surface area contributed by atoms with Crippen LogP contribution < -0.4 is 5.32 Å². The number of likely N-dealkylation sites (N-methyl/N-ethyl adjacent to an activating group) is 1. The van der Waals surface area contributed by atoms with E-state index in [0.717, 1.165) is 0 Å². The largest absolute Gasteiger partial charge is 0.389 e. The molecule has 1 aromatic carbocycles. The first-order valence-electron chi connectivity index (χ1n) is 5.37. The molecule has 0 bridgehead atoms. The van der Waals surface area contributed by atoms with Crippen LogP contribution in [-0.2, 0) is 6.42 Å². The van der Waals surface area contributed by atoms with Gasteiger partial charge in [0.25, 0.3) is 0 Å². The molecule has 0 saturated carbocycles. The Morgan fingerprint density at radius 1 is 1.20 bits per heavy atom. The number of rotatable bonds is 4. The molecule has 0 amide bonds. The normalized spacial score (nSPS) is 15.0. The molecule has 0 aliphatic rings. The number of aryl methyl sites for hydroxylation is 2. The summed E-state index contributed by atoms with van der Waals surface area (Å²) in [6.45, 7) is 6.65. The van der Waals surface area contributed by atoms with Gasteiger partial charge in [0.2, 0.25) is 0 Å². The van der Waals surface area contributed by atoms with E-state index >= 15 is 0 Å². The lowest BCUT2D eigenvalue weighted by Crippen LogP contribution is -2.38. The highest BCUT2D eigenvalue weighted by atomic mass is 16.3. The van der Waals surface area contributed by atoms with E-state index in [4.69, 9.17) is 0 Å². The second kappa shape index (κ2) is 4.77. The lowest BCUT2D eigenvalue weighted by atomic mass is 9.94. The summed E-state index contributed by atoms with van der Waals surface area (Å²) in [4.78, 5) is 0. The highest BCUT2D eigenvalue weighted by molar-refractivity contribution is 5.29. The number of hydrogen-bond acceptors (Lipinski definition) is 2. The predicted molar refractivity (Wildman–Crippen MR) is 64.2 cm³/mol. The maximum atomic E-state index is 10.1. The van der Waals surface area contributed by atoms with Crippen LogP contribution in [0.15, 0.2) is 18.2 Å². The van der Waals surface area contributed by atoms with E-state index < -0.39 is 5.60 Å². The molecule has 0 spiro atoms. The van der Waals surface area contributed by atoms with Crippen LogP contribution in [0.2, 0.25) is 0 Å². The van der Waals surface area contributed by atoms with Crippen molar-refractivity contribution in [3.8, 4) is 0 Å². The van der Waals surface area contributed by atoms with Crippen LogP contribution in [0.1, 0.15) is 23.6 Å². The lowest BCUT2D eigenvalue weighted by Gasteiger charge is -2.23. The fourth-order valence-corrected chi connectivity index (χ4v) is 2.05.